The number of benzene rings is 2. The van der Waals surface area contributed by atoms with Gasteiger partial charge in [-0.2, -0.15) is 13.2 Å². The number of hydrogen-bond donors (Lipinski definition) is 1. The molecule has 0 radical (unpaired) electrons. The van der Waals surface area contributed by atoms with Crippen LogP contribution in [0.4, 0.5) is 18.9 Å². The minimum absolute atomic E-state index is 0.0777. The van der Waals surface area contributed by atoms with E-state index >= 15 is 0 Å². The van der Waals surface area contributed by atoms with Crippen LogP contribution in [-0.4, -0.2) is 25.1 Å². The minimum Gasteiger partial charge on any atom is -0.481 e. The third-order valence-corrected chi connectivity index (χ3v) is 4.00. The number of carbonyl (C=O) groups excluding carboxylic acids is 2. The molecular formula is C19H17ClF3NO4. The van der Waals surface area contributed by atoms with Gasteiger partial charge in [-0.25, -0.2) is 4.79 Å². The number of halogens is 4. The molecule has 0 unspecified atom stereocenters. The van der Waals surface area contributed by atoms with Crippen LogP contribution in [0.3, 0.4) is 0 Å². The molecule has 0 heterocycles. The number of carbonyl (C=O) groups is 2. The van der Waals surface area contributed by atoms with E-state index in [0.717, 1.165) is 23.3 Å². The summed E-state index contributed by atoms with van der Waals surface area (Å²) in [5.41, 5.74) is 0.477. The number of anilines is 1. The van der Waals surface area contributed by atoms with Crippen molar-refractivity contribution in [1.82, 2.24) is 0 Å². The second kappa shape index (κ2) is 8.97. The fraction of sp³-hybridized carbons (Fsp3) is 0.263. The predicted molar refractivity (Wildman–Crippen MR) is 97.5 cm³/mol. The standard InChI is InChI=1S/C19H17ClF3NO4/c1-11-4-3-5-12(2)18(11)28-10-17(26)27-9-16(25)24-15-8-13(19(21,22)23)6-7-14(15)20/h3-8H,9-10H2,1-2H3,(H,24,25). The van der Waals surface area contributed by atoms with Crippen LogP contribution in [0.25, 0.3) is 0 Å². The van der Waals surface area contributed by atoms with Crippen molar-refractivity contribution < 1.29 is 32.2 Å². The van der Waals surface area contributed by atoms with Crippen LogP contribution in [0, 0.1) is 13.8 Å². The van der Waals surface area contributed by atoms with Crippen molar-refractivity contribution in [2.75, 3.05) is 18.5 Å². The first kappa shape index (κ1) is 21.6. The first-order valence-electron chi connectivity index (χ1n) is 8.09. The molecule has 0 saturated heterocycles. The monoisotopic (exact) mass is 415 g/mol. The number of ether oxygens (including phenoxy) is 2. The average Bonchev–Trinajstić information content (AvgIpc) is 2.60. The van der Waals surface area contributed by atoms with E-state index in [0.29, 0.717) is 11.8 Å². The normalized spacial score (nSPS) is 11.1. The third kappa shape index (κ3) is 5.88. The van der Waals surface area contributed by atoms with Gasteiger partial charge in [-0.3, -0.25) is 4.79 Å². The lowest BCUT2D eigenvalue weighted by Crippen LogP contribution is -2.24. The molecule has 0 bridgehead atoms. The fourth-order valence-electron chi connectivity index (χ4n) is 2.33. The highest BCUT2D eigenvalue weighted by Crippen LogP contribution is 2.33. The molecule has 0 atom stereocenters. The number of alkyl halides is 3. The molecule has 0 fully saturated rings. The fourth-order valence-corrected chi connectivity index (χ4v) is 2.49. The number of hydrogen-bond acceptors (Lipinski definition) is 4. The van der Waals surface area contributed by atoms with Crippen molar-refractivity contribution in [3.63, 3.8) is 0 Å². The summed E-state index contributed by atoms with van der Waals surface area (Å²) >= 11 is 5.79. The lowest BCUT2D eigenvalue weighted by atomic mass is 10.1. The minimum atomic E-state index is -4.58. The summed E-state index contributed by atoms with van der Waals surface area (Å²) in [5, 5.41) is 2.10. The highest BCUT2D eigenvalue weighted by Gasteiger charge is 2.31. The van der Waals surface area contributed by atoms with Crippen molar-refractivity contribution in [2.24, 2.45) is 0 Å². The Labute approximate surface area is 164 Å². The number of esters is 1. The Morgan fingerprint density at radius 2 is 1.71 bits per heavy atom. The molecule has 0 aromatic heterocycles. The van der Waals surface area contributed by atoms with Gasteiger partial charge in [0.2, 0.25) is 0 Å². The maximum absolute atomic E-state index is 12.7. The van der Waals surface area contributed by atoms with Crippen molar-refractivity contribution in [3.8, 4) is 5.75 Å². The zero-order valence-corrected chi connectivity index (χ0v) is 15.8. The topological polar surface area (TPSA) is 64.6 Å². The van der Waals surface area contributed by atoms with Crippen LogP contribution < -0.4 is 10.1 Å². The predicted octanol–water partition coefficient (Wildman–Crippen LogP) is 4.54. The summed E-state index contributed by atoms with van der Waals surface area (Å²) in [5.74, 6) is -1.09. The molecule has 0 aliphatic heterocycles. The molecule has 1 N–H and O–H groups in total. The number of aryl methyl sites for hydroxylation is 2. The maximum atomic E-state index is 12.7. The first-order valence-corrected chi connectivity index (χ1v) is 8.47. The molecular weight excluding hydrogens is 399 g/mol. The summed E-state index contributed by atoms with van der Waals surface area (Å²) in [6, 6.07) is 8.00. The Balaban J connectivity index is 1.88. The number of amides is 1. The average molecular weight is 416 g/mol. The van der Waals surface area contributed by atoms with Crippen LogP contribution in [0.15, 0.2) is 36.4 Å². The quantitative estimate of drug-likeness (QED) is 0.704. The second-order valence-corrected chi connectivity index (χ2v) is 6.32. The van der Waals surface area contributed by atoms with Crippen molar-refractivity contribution >= 4 is 29.2 Å². The number of nitrogens with one attached hydrogen (secondary N) is 1. The van der Waals surface area contributed by atoms with E-state index in [1.807, 2.05) is 32.0 Å². The number of para-hydroxylation sites is 1. The Morgan fingerprint density at radius 3 is 2.32 bits per heavy atom. The Bertz CT molecular complexity index is 864. The zero-order valence-electron chi connectivity index (χ0n) is 15.0. The molecule has 150 valence electrons. The van der Waals surface area contributed by atoms with Gasteiger partial charge < -0.3 is 14.8 Å². The molecule has 2 aromatic rings. The van der Waals surface area contributed by atoms with Gasteiger partial charge in [0.25, 0.3) is 5.91 Å². The summed E-state index contributed by atoms with van der Waals surface area (Å²) < 4.78 is 48.4. The molecule has 0 saturated carbocycles. The third-order valence-electron chi connectivity index (χ3n) is 3.68. The van der Waals surface area contributed by atoms with E-state index in [9.17, 15) is 22.8 Å². The largest absolute Gasteiger partial charge is 0.481 e. The smallest absolute Gasteiger partial charge is 0.416 e. The molecule has 1 amide bonds. The van der Waals surface area contributed by atoms with Crippen molar-refractivity contribution in [2.45, 2.75) is 20.0 Å². The van der Waals surface area contributed by atoms with Crippen LogP contribution in [-0.2, 0) is 20.5 Å². The number of rotatable bonds is 6. The SMILES string of the molecule is Cc1cccc(C)c1OCC(=O)OCC(=O)Nc1cc(C(F)(F)F)ccc1Cl. The van der Waals surface area contributed by atoms with Crippen LogP contribution >= 0.6 is 11.6 Å². The van der Waals surface area contributed by atoms with Gasteiger partial charge in [-0.05, 0) is 43.2 Å². The lowest BCUT2D eigenvalue weighted by molar-refractivity contribution is -0.149. The van der Waals surface area contributed by atoms with E-state index in [1.54, 1.807) is 0 Å². The molecule has 9 heteroatoms. The highest BCUT2D eigenvalue weighted by molar-refractivity contribution is 6.33. The highest BCUT2D eigenvalue weighted by atomic mass is 35.5. The Morgan fingerprint density at radius 1 is 1.07 bits per heavy atom. The molecule has 2 aromatic carbocycles. The summed E-state index contributed by atoms with van der Waals surface area (Å²) in [4.78, 5) is 23.6. The van der Waals surface area contributed by atoms with Crippen molar-refractivity contribution in [3.05, 3.63) is 58.1 Å². The van der Waals surface area contributed by atoms with Gasteiger partial charge in [0.05, 0.1) is 16.3 Å². The maximum Gasteiger partial charge on any atom is 0.416 e. The first-order chi connectivity index (χ1) is 13.1. The van der Waals surface area contributed by atoms with E-state index in [4.69, 9.17) is 21.1 Å². The van der Waals surface area contributed by atoms with Gasteiger partial charge in [0.1, 0.15) is 5.75 Å². The molecule has 0 aliphatic carbocycles. The van der Waals surface area contributed by atoms with Gasteiger partial charge in [0, 0.05) is 0 Å². The van der Waals surface area contributed by atoms with E-state index < -0.39 is 36.8 Å². The van der Waals surface area contributed by atoms with Gasteiger partial charge in [0.15, 0.2) is 13.2 Å². The molecule has 2 rings (SSSR count). The van der Waals surface area contributed by atoms with E-state index in [2.05, 4.69) is 5.32 Å². The molecule has 28 heavy (non-hydrogen) atoms. The molecule has 0 spiro atoms. The molecule has 0 aliphatic rings. The summed E-state index contributed by atoms with van der Waals surface area (Å²) in [6.07, 6.45) is -4.58. The Kier molecular flexibility index (Phi) is 6.90. The van der Waals surface area contributed by atoms with Crippen LogP contribution in [0.2, 0.25) is 5.02 Å². The van der Waals surface area contributed by atoms with Crippen LogP contribution in [0.5, 0.6) is 5.75 Å². The van der Waals surface area contributed by atoms with E-state index in [-0.39, 0.29) is 10.7 Å². The van der Waals surface area contributed by atoms with E-state index in [1.165, 1.54) is 0 Å². The van der Waals surface area contributed by atoms with Gasteiger partial charge in [-0.15, -0.1) is 0 Å². The Hall–Kier alpha value is -2.74. The van der Waals surface area contributed by atoms with Crippen LogP contribution in [0.1, 0.15) is 16.7 Å². The summed E-state index contributed by atoms with van der Waals surface area (Å²) in [7, 11) is 0. The molecule has 5 nitrogen and oxygen atoms in total. The van der Waals surface area contributed by atoms with Gasteiger partial charge >= 0.3 is 12.1 Å². The zero-order chi connectivity index (χ0) is 20.9. The second-order valence-electron chi connectivity index (χ2n) is 5.91. The van der Waals surface area contributed by atoms with Gasteiger partial charge in [-0.1, -0.05) is 29.8 Å². The van der Waals surface area contributed by atoms with Crippen molar-refractivity contribution in [1.29, 1.82) is 0 Å². The lowest BCUT2D eigenvalue weighted by Gasteiger charge is -2.13. The summed E-state index contributed by atoms with van der Waals surface area (Å²) in [6.45, 7) is 2.53.